The average Bonchev–Trinajstić information content (AvgIpc) is 2.77. The van der Waals surface area contributed by atoms with Crippen molar-refractivity contribution in [2.45, 2.75) is 19.3 Å². The van der Waals surface area contributed by atoms with E-state index in [9.17, 15) is 0 Å². The average molecular weight is 269 g/mol. The smallest absolute Gasteiger partial charge is 0.0159 e. The molecule has 0 aliphatic heterocycles. The third-order valence-corrected chi connectivity index (χ3v) is 4.62. The van der Waals surface area contributed by atoms with E-state index in [1.165, 1.54) is 33.4 Å². The summed E-state index contributed by atoms with van der Waals surface area (Å²) in [5, 5.41) is 0. The van der Waals surface area contributed by atoms with Crippen LogP contribution in [0.15, 0.2) is 66.7 Å². The fraction of sp³-hybridized carbons (Fsp3) is 0.143. The molecule has 1 aliphatic rings. The molecule has 1 aliphatic carbocycles. The topological polar surface area (TPSA) is 0 Å². The Morgan fingerprint density at radius 3 is 2.38 bits per heavy atom. The Labute approximate surface area is 126 Å². The van der Waals surface area contributed by atoms with Crippen molar-refractivity contribution in [3.63, 3.8) is 0 Å². The highest BCUT2D eigenvalue weighted by Crippen LogP contribution is 2.49. The molecular weight excluding hydrogens is 252 g/mol. The van der Waals surface area contributed by atoms with Crippen molar-refractivity contribution in [2.24, 2.45) is 0 Å². The van der Waals surface area contributed by atoms with Crippen LogP contribution < -0.4 is 0 Å². The zero-order valence-electron chi connectivity index (χ0n) is 12.4. The molecule has 0 aromatic heterocycles. The molecule has 3 aromatic carbocycles. The van der Waals surface area contributed by atoms with Gasteiger partial charge in [0.05, 0.1) is 0 Å². The lowest BCUT2D eigenvalue weighted by atomic mass is 9.81. The molecule has 0 heterocycles. The lowest BCUT2D eigenvalue weighted by Crippen LogP contribution is -2.14. The Balaban J connectivity index is 1.94. The molecule has 0 nitrogen and oxygen atoms in total. The summed E-state index contributed by atoms with van der Waals surface area (Å²) in [5.74, 6) is 0. The van der Waals surface area contributed by atoms with E-state index in [0.717, 1.165) is 0 Å². The van der Waals surface area contributed by atoms with Gasteiger partial charge < -0.3 is 0 Å². The van der Waals surface area contributed by atoms with Gasteiger partial charge in [0.1, 0.15) is 0 Å². The number of fused-ring (bicyclic) bond motifs is 3. The molecule has 0 saturated carbocycles. The maximum atomic E-state index is 3.17. The van der Waals surface area contributed by atoms with Crippen LogP contribution in [-0.2, 0) is 5.41 Å². The Morgan fingerprint density at radius 2 is 1.57 bits per heavy atom. The van der Waals surface area contributed by atoms with Crippen molar-refractivity contribution in [2.75, 3.05) is 0 Å². The first-order chi connectivity index (χ1) is 10.2. The molecule has 1 radical (unpaired) electrons. The molecule has 0 bridgehead atoms. The van der Waals surface area contributed by atoms with Gasteiger partial charge >= 0.3 is 0 Å². The van der Waals surface area contributed by atoms with Gasteiger partial charge in [0.2, 0.25) is 0 Å². The summed E-state index contributed by atoms with van der Waals surface area (Å²) in [6, 6.07) is 26.9. The van der Waals surface area contributed by atoms with Crippen molar-refractivity contribution in [3.05, 3.63) is 83.9 Å². The second-order valence-electron chi connectivity index (χ2n) is 6.22. The van der Waals surface area contributed by atoms with Crippen LogP contribution in [-0.4, -0.2) is 0 Å². The lowest BCUT2D eigenvalue weighted by molar-refractivity contribution is 0.660. The predicted octanol–water partition coefficient (Wildman–Crippen LogP) is 5.46. The minimum Gasteiger partial charge on any atom is -0.0619 e. The van der Waals surface area contributed by atoms with Gasteiger partial charge in [-0.25, -0.2) is 0 Å². The molecule has 101 valence electrons. The van der Waals surface area contributed by atoms with Crippen LogP contribution in [0.5, 0.6) is 0 Å². The minimum absolute atomic E-state index is 0.0699. The minimum atomic E-state index is 0.0699. The second kappa shape index (κ2) is 4.33. The quantitative estimate of drug-likeness (QED) is 0.550. The van der Waals surface area contributed by atoms with Gasteiger partial charge in [-0.05, 0) is 51.6 Å². The van der Waals surface area contributed by atoms with Crippen LogP contribution in [0.4, 0.5) is 0 Å². The summed E-state index contributed by atoms with van der Waals surface area (Å²) < 4.78 is 0. The molecule has 0 spiro atoms. The van der Waals surface area contributed by atoms with Gasteiger partial charge in [-0.2, -0.15) is 0 Å². The molecule has 0 atom stereocenters. The highest BCUT2D eigenvalue weighted by atomic mass is 14.4. The number of benzene rings is 3. The van der Waals surface area contributed by atoms with E-state index in [4.69, 9.17) is 0 Å². The van der Waals surface area contributed by atoms with Crippen LogP contribution in [0.25, 0.3) is 22.3 Å². The molecule has 3 aromatic rings. The van der Waals surface area contributed by atoms with E-state index >= 15 is 0 Å². The van der Waals surface area contributed by atoms with Crippen LogP contribution in [0.3, 0.4) is 0 Å². The normalized spacial score (nSPS) is 14.6. The van der Waals surface area contributed by atoms with Crippen molar-refractivity contribution in [1.82, 2.24) is 0 Å². The standard InChI is InChI=1S/C21H17/c1-21(2)19-11-7-6-10-17(19)18-13-12-16(14-20(18)21)15-8-4-3-5-9-15/h3-4,6-14H,1-2H3. The Hall–Kier alpha value is -2.34. The Kier molecular flexibility index (Phi) is 2.56. The monoisotopic (exact) mass is 269 g/mol. The van der Waals surface area contributed by atoms with E-state index in [1.807, 2.05) is 12.1 Å². The zero-order valence-corrected chi connectivity index (χ0v) is 12.4. The Bertz CT molecular complexity index is 810. The van der Waals surface area contributed by atoms with Gasteiger partial charge in [-0.1, -0.05) is 68.4 Å². The summed E-state index contributed by atoms with van der Waals surface area (Å²) in [7, 11) is 0. The van der Waals surface area contributed by atoms with Crippen molar-refractivity contribution in [3.8, 4) is 22.3 Å². The summed E-state index contributed by atoms with van der Waals surface area (Å²) in [6.45, 7) is 4.64. The number of hydrogen-bond acceptors (Lipinski definition) is 0. The van der Waals surface area contributed by atoms with Gasteiger partial charge in [0.15, 0.2) is 0 Å². The maximum Gasteiger partial charge on any atom is 0.0159 e. The molecule has 0 amide bonds. The number of hydrogen-bond donors (Lipinski definition) is 0. The summed E-state index contributed by atoms with van der Waals surface area (Å²) in [4.78, 5) is 0. The van der Waals surface area contributed by atoms with Crippen LogP contribution in [0, 0.1) is 6.07 Å². The third kappa shape index (κ3) is 1.76. The summed E-state index contributed by atoms with van der Waals surface area (Å²) in [5.41, 5.74) is 8.17. The molecule has 4 rings (SSSR count). The van der Waals surface area contributed by atoms with Gasteiger partial charge in [0, 0.05) is 5.41 Å². The predicted molar refractivity (Wildman–Crippen MR) is 88.3 cm³/mol. The number of rotatable bonds is 1. The van der Waals surface area contributed by atoms with Gasteiger partial charge in [-0.15, -0.1) is 0 Å². The first-order valence-electron chi connectivity index (χ1n) is 7.39. The summed E-state index contributed by atoms with van der Waals surface area (Å²) in [6.07, 6.45) is 0. The highest BCUT2D eigenvalue weighted by Gasteiger charge is 2.35. The molecular formula is C21H17. The molecule has 21 heavy (non-hydrogen) atoms. The second-order valence-corrected chi connectivity index (χ2v) is 6.22. The first kappa shape index (κ1) is 12.4. The van der Waals surface area contributed by atoms with E-state index in [1.54, 1.807) is 0 Å². The third-order valence-electron chi connectivity index (χ3n) is 4.62. The van der Waals surface area contributed by atoms with Crippen molar-refractivity contribution in [1.29, 1.82) is 0 Å². The van der Waals surface area contributed by atoms with Crippen LogP contribution in [0.1, 0.15) is 25.0 Å². The van der Waals surface area contributed by atoms with E-state index in [0.29, 0.717) is 0 Å². The van der Waals surface area contributed by atoms with Crippen molar-refractivity contribution >= 4 is 0 Å². The molecule has 0 saturated heterocycles. The maximum absolute atomic E-state index is 3.17. The first-order valence-corrected chi connectivity index (χ1v) is 7.39. The molecule has 0 heteroatoms. The van der Waals surface area contributed by atoms with E-state index in [2.05, 4.69) is 74.5 Å². The Morgan fingerprint density at radius 1 is 0.762 bits per heavy atom. The van der Waals surface area contributed by atoms with Crippen LogP contribution in [0.2, 0.25) is 0 Å². The summed E-state index contributed by atoms with van der Waals surface area (Å²) >= 11 is 0. The zero-order chi connectivity index (χ0) is 14.4. The van der Waals surface area contributed by atoms with E-state index in [-0.39, 0.29) is 5.41 Å². The van der Waals surface area contributed by atoms with Crippen LogP contribution >= 0.6 is 0 Å². The lowest BCUT2D eigenvalue weighted by Gasteiger charge is -2.22. The molecule has 0 unspecified atom stereocenters. The van der Waals surface area contributed by atoms with E-state index < -0.39 is 0 Å². The SMILES string of the molecule is CC1(C)c2ccccc2-c2ccc(-c3c[c]ccc3)cc21. The van der Waals surface area contributed by atoms with Gasteiger partial charge in [0.25, 0.3) is 0 Å². The fourth-order valence-electron chi connectivity index (χ4n) is 3.46. The fourth-order valence-corrected chi connectivity index (χ4v) is 3.46. The van der Waals surface area contributed by atoms with Crippen molar-refractivity contribution < 1.29 is 0 Å². The van der Waals surface area contributed by atoms with Gasteiger partial charge in [-0.3, -0.25) is 0 Å². The highest BCUT2D eigenvalue weighted by molar-refractivity contribution is 5.83. The largest absolute Gasteiger partial charge is 0.0619 e. The molecule has 0 N–H and O–H groups in total. The molecule has 0 fully saturated rings.